The largest absolute Gasteiger partial charge is 0.456 e. The Kier molecular flexibility index (Phi) is 9.68. The molecule has 0 radical (unpaired) electrons. The van der Waals surface area contributed by atoms with Crippen LogP contribution in [0.2, 0.25) is 0 Å². The average molecular weight is 763 g/mol. The summed E-state index contributed by atoms with van der Waals surface area (Å²) in [5.41, 5.74) is -6.16. The summed E-state index contributed by atoms with van der Waals surface area (Å²) in [4.78, 5) is 43.2. The average Bonchev–Trinajstić information content (AvgIpc) is 3.69. The van der Waals surface area contributed by atoms with Crippen molar-refractivity contribution in [3.8, 4) is 5.88 Å². The maximum absolute atomic E-state index is 15.2. The number of fused-ring (bicyclic) bond motifs is 5. The van der Waals surface area contributed by atoms with Crippen LogP contribution in [0.5, 0.6) is 5.88 Å². The summed E-state index contributed by atoms with van der Waals surface area (Å²) in [6, 6.07) is 17.5. The highest BCUT2D eigenvalue weighted by Gasteiger charge is 2.77. The molecule has 3 heterocycles. The van der Waals surface area contributed by atoms with Crippen LogP contribution in [0.4, 0.5) is 0 Å². The summed E-state index contributed by atoms with van der Waals surface area (Å²) in [6.45, 7) is 7.93. The van der Waals surface area contributed by atoms with E-state index in [0.717, 1.165) is 11.3 Å². The normalized spacial score (nSPS) is 35.3. The van der Waals surface area contributed by atoms with Crippen LogP contribution in [0.25, 0.3) is 0 Å². The topological polar surface area (TPSA) is 173 Å². The van der Waals surface area contributed by atoms with Gasteiger partial charge in [-0.05, 0) is 48.1 Å². The fourth-order valence-corrected chi connectivity index (χ4v) is 10.1. The van der Waals surface area contributed by atoms with Gasteiger partial charge in [-0.25, -0.2) is 9.59 Å². The highest BCUT2D eigenvalue weighted by atomic mass is 32.1. The van der Waals surface area contributed by atoms with Crippen LogP contribution < -0.4 is 9.30 Å². The molecule has 13 heteroatoms. The molecule has 3 aromatic rings. The maximum atomic E-state index is 15.2. The summed E-state index contributed by atoms with van der Waals surface area (Å²) < 4.78 is 26.6. The Balaban J connectivity index is 1.39. The molecule has 12 nitrogen and oxygen atoms in total. The lowest BCUT2D eigenvalue weighted by atomic mass is 9.44. The van der Waals surface area contributed by atoms with Gasteiger partial charge in [0, 0.05) is 36.2 Å². The standard InChI is InChI=1S/C41H48NO11S/c1-22(24-13-8-7-9-14-24)31(43)37(47)51-25-20-41(49)35(53-36(46)26-15-12-18-54-26)33-39(5,34(45)32(44)30(23(25)2)38(41,3)4)27(19-28-40(33,48)21-50-28)52-29-16-10-11-17-42(29)6/h7-18,22,25,27-28,31-33,35,43-44,48-49H,19-21H2,1-6H3/q+1/t22-,25?,27?,28?,31?,32?,33?,35?,39+,40-,41?/m0/s1. The van der Waals surface area contributed by atoms with Gasteiger partial charge in [0.2, 0.25) is 0 Å². The van der Waals surface area contributed by atoms with Crippen molar-refractivity contribution in [2.75, 3.05) is 6.61 Å². The number of esters is 2. The molecule has 11 atom stereocenters. The lowest BCUT2D eigenvalue weighted by molar-refractivity contribution is -0.678. The van der Waals surface area contributed by atoms with Gasteiger partial charge in [0.15, 0.2) is 18.1 Å². The number of ketones is 1. The number of aliphatic hydroxyl groups is 4. The summed E-state index contributed by atoms with van der Waals surface area (Å²) in [5.74, 6) is -4.12. The first-order valence-electron chi connectivity index (χ1n) is 18.3. The molecule has 3 aliphatic carbocycles. The molecular formula is C41H48NO11S+. The minimum atomic E-state index is -2.18. The Morgan fingerprint density at radius 1 is 1.02 bits per heavy atom. The molecule has 2 bridgehead atoms. The Bertz CT molecular complexity index is 1970. The minimum Gasteiger partial charge on any atom is -0.456 e. The SMILES string of the molecule is CC1=C2C(O)C(=O)[C@]3(C)C(Oc4cccc[n+]4C)CC4OC[C@@]4(O)C3C(OC(=O)c3cccs3)C(O)(CC1OC(=O)C(O)[C@@H](C)c1ccccc1)C2(C)C. The minimum absolute atomic E-state index is 0.0556. The van der Waals surface area contributed by atoms with E-state index in [4.69, 9.17) is 18.9 Å². The number of aromatic nitrogens is 1. The molecule has 2 saturated carbocycles. The van der Waals surface area contributed by atoms with Crippen LogP contribution in [-0.4, -0.2) is 92.6 Å². The second-order valence-electron chi connectivity index (χ2n) is 16.0. The molecular weight excluding hydrogens is 715 g/mol. The summed E-state index contributed by atoms with van der Waals surface area (Å²) in [7, 11) is 1.78. The number of carbonyl (C=O) groups excluding carboxylic acids is 3. The monoisotopic (exact) mass is 762 g/mol. The van der Waals surface area contributed by atoms with Crippen molar-refractivity contribution in [2.45, 2.75) is 101 Å². The van der Waals surface area contributed by atoms with E-state index in [1.165, 1.54) is 0 Å². The highest BCUT2D eigenvalue weighted by molar-refractivity contribution is 7.11. The van der Waals surface area contributed by atoms with Crippen molar-refractivity contribution in [3.63, 3.8) is 0 Å². The van der Waals surface area contributed by atoms with E-state index in [-0.39, 0.29) is 29.9 Å². The lowest BCUT2D eigenvalue weighted by Crippen LogP contribution is -2.81. The van der Waals surface area contributed by atoms with Crippen molar-refractivity contribution in [1.82, 2.24) is 0 Å². The predicted molar refractivity (Wildman–Crippen MR) is 194 cm³/mol. The molecule has 1 aromatic carbocycles. The lowest BCUT2D eigenvalue weighted by Gasteiger charge is -2.67. The van der Waals surface area contributed by atoms with Gasteiger partial charge >= 0.3 is 17.8 Å². The summed E-state index contributed by atoms with van der Waals surface area (Å²) >= 11 is 1.13. The summed E-state index contributed by atoms with van der Waals surface area (Å²) in [6.07, 6.45) is -6.78. The van der Waals surface area contributed by atoms with E-state index in [9.17, 15) is 30.0 Å². The van der Waals surface area contributed by atoms with E-state index in [1.54, 1.807) is 106 Å². The highest BCUT2D eigenvalue weighted by Crippen LogP contribution is 2.63. The number of pyridine rings is 1. The van der Waals surface area contributed by atoms with E-state index in [2.05, 4.69) is 0 Å². The number of rotatable bonds is 8. The second kappa shape index (κ2) is 13.6. The smallest absolute Gasteiger partial charge is 0.367 e. The molecule has 4 aliphatic rings. The molecule has 288 valence electrons. The number of ether oxygens (including phenoxy) is 4. The molecule has 8 unspecified atom stereocenters. The van der Waals surface area contributed by atoms with Crippen LogP contribution in [0.15, 0.2) is 83.4 Å². The van der Waals surface area contributed by atoms with Gasteiger partial charge in [-0.1, -0.05) is 57.2 Å². The number of aliphatic hydroxyl groups excluding tert-OH is 2. The van der Waals surface area contributed by atoms with Crippen molar-refractivity contribution >= 4 is 29.1 Å². The van der Waals surface area contributed by atoms with Crippen LogP contribution in [0.1, 0.15) is 68.6 Å². The molecule has 0 amide bonds. The van der Waals surface area contributed by atoms with Gasteiger partial charge in [-0.2, -0.15) is 4.57 Å². The van der Waals surface area contributed by atoms with Crippen LogP contribution in [-0.2, 0) is 30.8 Å². The van der Waals surface area contributed by atoms with Gasteiger partial charge in [0.25, 0.3) is 0 Å². The zero-order valence-electron chi connectivity index (χ0n) is 31.2. The van der Waals surface area contributed by atoms with Gasteiger partial charge < -0.3 is 39.4 Å². The number of thiophene rings is 1. The molecule has 4 N–H and O–H groups in total. The second-order valence-corrected chi connectivity index (χ2v) is 17.0. The van der Waals surface area contributed by atoms with E-state index in [0.29, 0.717) is 17.0 Å². The van der Waals surface area contributed by atoms with Gasteiger partial charge in [0.1, 0.15) is 47.5 Å². The van der Waals surface area contributed by atoms with Gasteiger partial charge in [-0.15, -0.1) is 11.3 Å². The Hall–Kier alpha value is -3.98. The van der Waals surface area contributed by atoms with Crippen LogP contribution in [0.3, 0.4) is 0 Å². The third-order valence-corrected chi connectivity index (χ3v) is 13.7. The van der Waals surface area contributed by atoms with E-state index >= 15 is 4.79 Å². The first-order chi connectivity index (χ1) is 25.5. The quantitative estimate of drug-likeness (QED) is 0.151. The molecule has 2 aromatic heterocycles. The molecule has 3 fully saturated rings. The molecule has 0 spiro atoms. The Morgan fingerprint density at radius 3 is 2.35 bits per heavy atom. The maximum Gasteiger partial charge on any atom is 0.367 e. The molecule has 1 saturated heterocycles. The molecule has 7 rings (SSSR count). The first-order valence-corrected chi connectivity index (χ1v) is 19.1. The Labute approximate surface area is 318 Å². The first kappa shape index (κ1) is 38.3. The van der Waals surface area contributed by atoms with Crippen molar-refractivity contribution in [1.29, 1.82) is 0 Å². The number of Topliss-reactive ketones (excluding diaryl/α,β-unsaturated/α-hetero) is 1. The number of carbonyl (C=O) groups is 3. The van der Waals surface area contributed by atoms with Crippen molar-refractivity contribution in [3.05, 3.63) is 93.8 Å². The van der Waals surface area contributed by atoms with E-state index in [1.807, 2.05) is 12.1 Å². The van der Waals surface area contributed by atoms with Crippen molar-refractivity contribution < 1.29 is 58.3 Å². The fraction of sp³-hybridized carbons (Fsp3) is 0.512. The number of nitrogens with zero attached hydrogens (tertiary/aromatic N) is 1. The molecule has 1 aliphatic heterocycles. The number of benzene rings is 1. The number of hydrogen-bond acceptors (Lipinski definition) is 12. The predicted octanol–water partition coefficient (Wildman–Crippen LogP) is 3.20. The zero-order valence-corrected chi connectivity index (χ0v) is 32.0. The number of aryl methyl sites for hydroxylation is 1. The number of hydrogen-bond donors (Lipinski definition) is 4. The van der Waals surface area contributed by atoms with Crippen molar-refractivity contribution in [2.24, 2.45) is 23.8 Å². The van der Waals surface area contributed by atoms with Gasteiger partial charge in [0.05, 0.1) is 24.2 Å². The summed E-state index contributed by atoms with van der Waals surface area (Å²) in [5, 5.41) is 51.2. The Morgan fingerprint density at radius 2 is 1.72 bits per heavy atom. The fourth-order valence-electron chi connectivity index (χ4n) is 9.47. The zero-order chi connectivity index (χ0) is 39.0. The van der Waals surface area contributed by atoms with Crippen LogP contribution >= 0.6 is 11.3 Å². The molecule has 54 heavy (non-hydrogen) atoms. The third kappa shape index (κ3) is 5.74. The third-order valence-electron chi connectivity index (χ3n) is 12.9. The van der Waals surface area contributed by atoms with E-state index < -0.39 is 88.2 Å². The van der Waals surface area contributed by atoms with Gasteiger partial charge in [-0.3, -0.25) is 4.79 Å². The van der Waals surface area contributed by atoms with Crippen LogP contribution in [0, 0.1) is 16.7 Å².